The Morgan fingerprint density at radius 3 is 1.31 bits per heavy atom. The monoisotopic (exact) mass is 1170 g/mol. The molecular formula is C42H42N32O11. The Bertz CT molecular complexity index is 4530. The molecular weight excluding hydrogens is 1130 g/mol. The topological polar surface area (TPSA) is 658 Å². The zero-order chi connectivity index (χ0) is 61.3. The molecule has 0 radical (unpaired) electrons. The molecule has 0 aliphatic carbocycles. The second-order valence-corrected chi connectivity index (χ2v) is 17.4. The maximum Gasteiger partial charge on any atom is 0.353 e. The standard InChI is InChI=1S/C42H42N32O11/c43-15-1-6-68(37(81)58-15)24(50)32(76)63-29(70-8-3-17(45)60-39(70)83)33(77)64-30(72-13-56-20-22(48)52-11-54-26(20)72)34(78)65-31(71-9-4-18(46)61-40(71)84)35(79)67-42(73-10-5-19(47)62-41(73)85,74-14-57-21-23(49)53-12-55-27(21)74)36(80)66-28(25(51)75)69-7-2-16(44)59-38(69)82/h1-14,24,28-31H,50H2,(H2,51,75)(H,63,76)(H,64,77)(H,65,78)(H,66,80)(H,67,79)(H2,43,58,81)(H2,44,59,82)(H2,45,60,83)(H2,46,61,84)(H2,47,62,85)(H2,48,52,54)(H2,49,53,55)/t24-,28-,29-,30-,31-,42-/m0/s1. The van der Waals surface area contributed by atoms with Gasteiger partial charge in [-0.05, 0) is 30.3 Å². The minimum Gasteiger partial charge on any atom is -0.383 e. The molecule has 436 valence electrons. The second kappa shape index (κ2) is 22.2. The maximum absolute atomic E-state index is 15.7. The number of hydrogen-bond donors (Lipinski definition) is 14. The molecule has 0 aliphatic rings. The van der Waals surface area contributed by atoms with Gasteiger partial charge in [-0.1, -0.05) is 0 Å². The van der Waals surface area contributed by atoms with Gasteiger partial charge in [-0.25, -0.2) is 58.4 Å². The van der Waals surface area contributed by atoms with Crippen LogP contribution in [0.25, 0.3) is 22.3 Å². The summed E-state index contributed by atoms with van der Waals surface area (Å²) in [6.07, 6.45) is -3.64. The summed E-state index contributed by atoms with van der Waals surface area (Å²) in [5.74, 6) is -15.2. The molecule has 0 aromatic carbocycles. The lowest BCUT2D eigenvalue weighted by atomic mass is 10.2. The number of carbonyl (C=O) groups is 6. The van der Waals surface area contributed by atoms with Crippen molar-refractivity contribution in [1.29, 1.82) is 0 Å². The highest BCUT2D eigenvalue weighted by atomic mass is 16.2. The van der Waals surface area contributed by atoms with Crippen LogP contribution in [0.4, 0.5) is 40.7 Å². The number of primary amides is 1. The number of nitrogens with one attached hydrogen (secondary N) is 5. The average Bonchev–Trinajstić information content (AvgIpc) is 1.81. The highest BCUT2D eigenvalue weighted by Gasteiger charge is 2.50. The third-order valence-corrected chi connectivity index (χ3v) is 12.1. The van der Waals surface area contributed by atoms with Crippen molar-refractivity contribution in [3.05, 3.63) is 139 Å². The number of carbonyl (C=O) groups excluding carboxylic acids is 6. The second-order valence-electron chi connectivity index (χ2n) is 17.4. The summed E-state index contributed by atoms with van der Waals surface area (Å²) in [6.45, 7) is 0. The van der Waals surface area contributed by atoms with Crippen molar-refractivity contribution >= 4 is 98.5 Å². The third-order valence-electron chi connectivity index (χ3n) is 12.1. The Hall–Kier alpha value is -13.1. The van der Waals surface area contributed by atoms with Crippen molar-refractivity contribution in [2.45, 2.75) is 36.6 Å². The van der Waals surface area contributed by atoms with Crippen LogP contribution in [0.3, 0.4) is 0 Å². The van der Waals surface area contributed by atoms with Crippen LogP contribution in [0.2, 0.25) is 0 Å². The van der Waals surface area contributed by atoms with Gasteiger partial charge in [0.1, 0.15) is 59.1 Å². The Morgan fingerprint density at radius 1 is 0.424 bits per heavy atom. The predicted octanol–water partition coefficient (Wildman–Crippen LogP) is -10.00. The SMILES string of the molecule is NC(=O)[C@@H](NC(=O)[C@](NC(=O)[C@@H](NC(=O)[C@@H](NC(=O)[C@@H](NC(=O)[C@@H](N)n1ccc(N)nc1=O)n1ccc(N)nc1=O)n1cnc2c(N)ncnc21)n1ccc(N)nc1=O)(n1ccc(N)nc1=O)n1cnc2c(N)ncnc21)n1ccc(N)nc1=O. The van der Waals surface area contributed by atoms with Crippen LogP contribution in [0.15, 0.2) is 111 Å². The molecule has 0 unspecified atom stereocenters. The van der Waals surface area contributed by atoms with E-state index in [-0.39, 0.29) is 45.8 Å². The van der Waals surface area contributed by atoms with E-state index in [1.807, 2.05) is 0 Å². The van der Waals surface area contributed by atoms with Crippen LogP contribution in [0.1, 0.15) is 30.8 Å². The van der Waals surface area contributed by atoms with Crippen molar-refractivity contribution in [1.82, 2.24) is 113 Å². The number of nitrogens with two attached hydrogens (primary N) is 9. The summed E-state index contributed by atoms with van der Waals surface area (Å²) >= 11 is 0. The van der Waals surface area contributed by atoms with Crippen LogP contribution in [-0.4, -0.2) is 122 Å². The lowest BCUT2D eigenvalue weighted by molar-refractivity contribution is -0.145. The Morgan fingerprint density at radius 2 is 0.824 bits per heavy atom. The zero-order valence-electron chi connectivity index (χ0n) is 42.7. The number of hydrogen-bond acceptors (Lipinski definition) is 30. The van der Waals surface area contributed by atoms with E-state index in [4.69, 9.17) is 51.6 Å². The van der Waals surface area contributed by atoms with Gasteiger partial charge in [0.15, 0.2) is 53.8 Å². The van der Waals surface area contributed by atoms with E-state index in [1.165, 1.54) is 0 Å². The fourth-order valence-corrected chi connectivity index (χ4v) is 8.13. The number of imidazole rings is 2. The van der Waals surface area contributed by atoms with E-state index in [2.05, 4.69) is 81.4 Å². The van der Waals surface area contributed by atoms with Crippen LogP contribution in [0, 0.1) is 0 Å². The highest BCUT2D eigenvalue weighted by molar-refractivity contribution is 5.97. The molecule has 0 bridgehead atoms. The molecule has 9 aromatic rings. The normalized spacial score (nSPS) is 13.8. The average molecular weight is 1170 g/mol. The number of nitrogens with zero attached hydrogens (tertiary/aromatic N) is 18. The number of aromatic nitrogens is 18. The number of anilines is 7. The van der Waals surface area contributed by atoms with Crippen LogP contribution in [0.5, 0.6) is 0 Å². The quantitative estimate of drug-likeness (QED) is 0.0379. The Balaban J connectivity index is 1.21. The van der Waals surface area contributed by atoms with E-state index in [9.17, 15) is 38.4 Å². The summed E-state index contributed by atoms with van der Waals surface area (Å²) in [5, 5.41) is 11.2. The Labute approximate surface area is 467 Å². The largest absolute Gasteiger partial charge is 0.383 e. The van der Waals surface area contributed by atoms with Gasteiger partial charge >= 0.3 is 28.4 Å². The summed E-state index contributed by atoms with van der Waals surface area (Å²) in [5.41, 5.74) is 44.9. The molecule has 9 aromatic heterocycles. The molecule has 0 spiro atoms. The molecule has 0 fully saturated rings. The summed E-state index contributed by atoms with van der Waals surface area (Å²) in [4.78, 5) is 199. The lowest BCUT2D eigenvalue weighted by Crippen LogP contribution is -2.69. The van der Waals surface area contributed by atoms with E-state index < -0.39 is 118 Å². The molecule has 0 saturated carbocycles. The summed E-state index contributed by atoms with van der Waals surface area (Å²) in [6, 6.07) is 5.11. The van der Waals surface area contributed by atoms with Gasteiger partial charge in [-0.15, -0.1) is 0 Å². The number of rotatable bonds is 18. The first-order valence-electron chi connectivity index (χ1n) is 23.6. The van der Waals surface area contributed by atoms with Crippen LogP contribution >= 0.6 is 0 Å². The van der Waals surface area contributed by atoms with E-state index in [0.717, 1.165) is 91.2 Å². The molecule has 6 amide bonds. The van der Waals surface area contributed by atoms with Gasteiger partial charge in [-0.3, -0.25) is 56.2 Å². The van der Waals surface area contributed by atoms with E-state index in [1.54, 1.807) is 0 Å². The third kappa shape index (κ3) is 10.7. The van der Waals surface area contributed by atoms with Gasteiger partial charge in [0.05, 0.1) is 6.33 Å². The molecule has 0 aliphatic heterocycles. The van der Waals surface area contributed by atoms with E-state index in [0.29, 0.717) is 27.4 Å². The minimum atomic E-state index is -3.38. The zero-order valence-corrected chi connectivity index (χ0v) is 42.7. The number of amides is 6. The summed E-state index contributed by atoms with van der Waals surface area (Å²) < 4.78 is 3.92. The molecule has 0 saturated heterocycles. The van der Waals surface area contributed by atoms with Gasteiger partial charge in [-0.2, -0.15) is 24.9 Å². The first-order chi connectivity index (χ1) is 40.4. The molecule has 23 N–H and O–H groups in total. The first-order valence-corrected chi connectivity index (χ1v) is 23.6. The fourth-order valence-electron chi connectivity index (χ4n) is 8.13. The smallest absolute Gasteiger partial charge is 0.353 e. The fraction of sp³-hybridized carbons (Fsp3) is 0.143. The molecule has 43 heteroatoms. The van der Waals surface area contributed by atoms with E-state index >= 15 is 14.4 Å². The highest BCUT2D eigenvalue weighted by Crippen LogP contribution is 2.26. The molecule has 6 atom stereocenters. The minimum absolute atomic E-state index is 0.207. The van der Waals surface area contributed by atoms with Crippen LogP contribution in [-0.2, 0) is 34.6 Å². The van der Waals surface area contributed by atoms with Gasteiger partial charge < -0.3 is 78.2 Å². The van der Waals surface area contributed by atoms with Crippen molar-refractivity contribution in [3.63, 3.8) is 0 Å². The molecule has 85 heavy (non-hydrogen) atoms. The molecule has 43 nitrogen and oxygen atoms in total. The molecule has 9 rings (SSSR count). The van der Waals surface area contributed by atoms with Gasteiger partial charge in [0, 0.05) is 31.0 Å². The van der Waals surface area contributed by atoms with Crippen molar-refractivity contribution in [3.8, 4) is 0 Å². The number of fused-ring (bicyclic) bond motifs is 2. The van der Waals surface area contributed by atoms with Crippen molar-refractivity contribution in [2.75, 3.05) is 40.1 Å². The van der Waals surface area contributed by atoms with Crippen molar-refractivity contribution in [2.24, 2.45) is 11.5 Å². The number of nitrogen functional groups attached to an aromatic ring is 7. The molecule has 9 heterocycles. The Kier molecular flexibility index (Phi) is 14.8. The van der Waals surface area contributed by atoms with Crippen LogP contribution < -0.4 is 107 Å². The first kappa shape index (κ1) is 56.6. The van der Waals surface area contributed by atoms with Crippen molar-refractivity contribution < 1.29 is 28.8 Å². The summed E-state index contributed by atoms with van der Waals surface area (Å²) in [7, 11) is 0. The predicted molar refractivity (Wildman–Crippen MR) is 287 cm³/mol. The lowest BCUT2D eigenvalue weighted by Gasteiger charge is -2.37. The van der Waals surface area contributed by atoms with Gasteiger partial charge in [0.25, 0.3) is 41.2 Å². The van der Waals surface area contributed by atoms with Gasteiger partial charge in [0.2, 0.25) is 0 Å². The maximum atomic E-state index is 15.7.